The second-order valence-corrected chi connectivity index (χ2v) is 7.71. The zero-order chi connectivity index (χ0) is 22.9. The lowest BCUT2D eigenvalue weighted by molar-refractivity contribution is -0.132. The van der Waals surface area contributed by atoms with Crippen molar-refractivity contribution in [3.05, 3.63) is 65.7 Å². The Bertz CT molecular complexity index is 993. The maximum atomic E-state index is 12.5. The lowest BCUT2D eigenvalue weighted by Gasteiger charge is -2.31. The van der Waals surface area contributed by atoms with E-state index in [-0.39, 0.29) is 11.8 Å². The van der Waals surface area contributed by atoms with Gasteiger partial charge in [0, 0.05) is 38.2 Å². The largest absolute Gasteiger partial charge is 0.497 e. The molecule has 1 fully saturated rings. The summed E-state index contributed by atoms with van der Waals surface area (Å²) in [6.45, 7) is 3.17. The Morgan fingerprint density at radius 2 is 1.78 bits per heavy atom. The molecule has 0 unspecified atom stereocenters. The molecule has 0 radical (unpaired) electrons. The van der Waals surface area contributed by atoms with Crippen LogP contribution in [-0.2, 0) is 9.59 Å². The second kappa shape index (κ2) is 11.1. The summed E-state index contributed by atoms with van der Waals surface area (Å²) in [6, 6.07) is 14.1. The molecule has 0 bridgehead atoms. The maximum Gasteiger partial charge on any atom is 0.308 e. The first-order chi connectivity index (χ1) is 15.4. The number of ether oxygens (including phenoxy) is 2. The fraction of sp³-hybridized carbons (Fsp3) is 0.320. The molecule has 2 amide bonds. The number of benzene rings is 2. The van der Waals surface area contributed by atoms with Crippen molar-refractivity contribution in [3.63, 3.8) is 0 Å². The molecule has 7 nitrogen and oxygen atoms in total. The molecule has 168 valence electrons. The van der Waals surface area contributed by atoms with Crippen molar-refractivity contribution in [2.24, 2.45) is 5.92 Å². The molecule has 0 atom stereocenters. The standard InChI is InChI=1S/C25H28N2O5/c1-18(28)32-23-8-4-6-21(16-23)25(30)26-17-20-11-13-27(14-12-20)24(29)10-9-19-5-3-7-22(15-19)31-2/h3-10,15-16,20H,11-14,17H2,1-2H3,(H,26,30)/b10-9+. The van der Waals surface area contributed by atoms with Gasteiger partial charge in [-0.25, -0.2) is 0 Å². The lowest BCUT2D eigenvalue weighted by Crippen LogP contribution is -2.41. The molecular formula is C25H28N2O5. The third-order valence-corrected chi connectivity index (χ3v) is 5.35. The molecule has 2 aromatic carbocycles. The molecule has 1 N–H and O–H groups in total. The van der Waals surface area contributed by atoms with E-state index in [0.29, 0.717) is 36.9 Å². The van der Waals surface area contributed by atoms with E-state index in [1.807, 2.05) is 29.2 Å². The van der Waals surface area contributed by atoms with Crippen LogP contribution in [0.5, 0.6) is 11.5 Å². The van der Waals surface area contributed by atoms with E-state index in [2.05, 4.69) is 5.32 Å². The van der Waals surface area contributed by atoms with Crippen LogP contribution in [0.1, 0.15) is 35.7 Å². The number of nitrogens with one attached hydrogen (secondary N) is 1. The summed E-state index contributed by atoms with van der Waals surface area (Å²) < 4.78 is 10.2. The molecule has 1 saturated heterocycles. The molecular weight excluding hydrogens is 408 g/mol. The van der Waals surface area contributed by atoms with Gasteiger partial charge in [0.25, 0.3) is 5.91 Å². The number of carbonyl (C=O) groups excluding carboxylic acids is 3. The Kier molecular flexibility index (Phi) is 8.02. The van der Waals surface area contributed by atoms with Crippen LogP contribution >= 0.6 is 0 Å². The Balaban J connectivity index is 1.44. The Hall–Kier alpha value is -3.61. The highest BCUT2D eigenvalue weighted by Crippen LogP contribution is 2.19. The van der Waals surface area contributed by atoms with Crippen molar-refractivity contribution in [2.75, 3.05) is 26.7 Å². The molecule has 1 aliphatic heterocycles. The fourth-order valence-corrected chi connectivity index (χ4v) is 3.58. The maximum absolute atomic E-state index is 12.5. The summed E-state index contributed by atoms with van der Waals surface area (Å²) >= 11 is 0. The summed E-state index contributed by atoms with van der Waals surface area (Å²) in [5, 5.41) is 2.94. The highest BCUT2D eigenvalue weighted by atomic mass is 16.5. The van der Waals surface area contributed by atoms with Gasteiger partial charge in [0.15, 0.2) is 0 Å². The SMILES string of the molecule is COc1cccc(/C=C/C(=O)N2CCC(CNC(=O)c3cccc(OC(C)=O)c3)CC2)c1. The topological polar surface area (TPSA) is 84.9 Å². The number of nitrogens with zero attached hydrogens (tertiary/aromatic N) is 1. The first-order valence-corrected chi connectivity index (χ1v) is 10.6. The average molecular weight is 437 g/mol. The monoisotopic (exact) mass is 436 g/mol. The third kappa shape index (κ3) is 6.70. The molecule has 2 aromatic rings. The first kappa shape index (κ1) is 23.1. The summed E-state index contributed by atoms with van der Waals surface area (Å²) in [5.74, 6) is 0.750. The predicted octanol–water partition coefficient (Wildman–Crippen LogP) is 3.30. The first-order valence-electron chi connectivity index (χ1n) is 10.6. The minimum absolute atomic E-state index is 0.0161. The highest BCUT2D eigenvalue weighted by molar-refractivity contribution is 5.94. The van der Waals surface area contributed by atoms with E-state index in [1.54, 1.807) is 43.5 Å². The number of esters is 1. The number of hydrogen-bond donors (Lipinski definition) is 1. The van der Waals surface area contributed by atoms with Gasteiger partial charge in [-0.3, -0.25) is 14.4 Å². The summed E-state index contributed by atoms with van der Waals surface area (Å²) in [4.78, 5) is 37.8. The van der Waals surface area contributed by atoms with E-state index in [4.69, 9.17) is 9.47 Å². The molecule has 32 heavy (non-hydrogen) atoms. The third-order valence-electron chi connectivity index (χ3n) is 5.35. The van der Waals surface area contributed by atoms with E-state index in [9.17, 15) is 14.4 Å². The van der Waals surface area contributed by atoms with Crippen LogP contribution in [0.4, 0.5) is 0 Å². The summed E-state index contributed by atoms with van der Waals surface area (Å²) in [7, 11) is 1.61. The minimum atomic E-state index is -0.429. The van der Waals surface area contributed by atoms with Crippen molar-refractivity contribution in [3.8, 4) is 11.5 Å². The lowest BCUT2D eigenvalue weighted by atomic mass is 9.96. The predicted molar refractivity (Wildman–Crippen MR) is 121 cm³/mol. The molecule has 0 saturated carbocycles. The van der Waals surface area contributed by atoms with Crippen LogP contribution in [-0.4, -0.2) is 49.4 Å². The molecule has 0 spiro atoms. The normalized spacial score (nSPS) is 14.2. The molecule has 7 heteroatoms. The fourth-order valence-electron chi connectivity index (χ4n) is 3.58. The number of hydrogen-bond acceptors (Lipinski definition) is 5. The molecule has 0 aromatic heterocycles. The quantitative estimate of drug-likeness (QED) is 0.409. The zero-order valence-electron chi connectivity index (χ0n) is 18.4. The van der Waals surface area contributed by atoms with Gasteiger partial charge in [-0.15, -0.1) is 0 Å². The molecule has 1 heterocycles. The van der Waals surface area contributed by atoms with Crippen molar-refractivity contribution in [1.82, 2.24) is 10.2 Å². The van der Waals surface area contributed by atoms with Gasteiger partial charge < -0.3 is 19.7 Å². The molecule has 0 aliphatic carbocycles. The number of piperidine rings is 1. The van der Waals surface area contributed by atoms with Crippen LogP contribution in [0.25, 0.3) is 6.08 Å². The van der Waals surface area contributed by atoms with Crippen LogP contribution in [0.2, 0.25) is 0 Å². The number of carbonyl (C=O) groups is 3. The molecule has 3 rings (SSSR count). The summed E-state index contributed by atoms with van der Waals surface area (Å²) in [6.07, 6.45) is 5.03. The Morgan fingerprint density at radius 3 is 2.50 bits per heavy atom. The zero-order valence-corrected chi connectivity index (χ0v) is 18.4. The smallest absolute Gasteiger partial charge is 0.308 e. The Morgan fingerprint density at radius 1 is 1.06 bits per heavy atom. The van der Waals surface area contributed by atoms with Crippen LogP contribution in [0.3, 0.4) is 0 Å². The van der Waals surface area contributed by atoms with Gasteiger partial charge in [-0.05, 0) is 60.7 Å². The van der Waals surface area contributed by atoms with E-state index in [0.717, 1.165) is 24.2 Å². The van der Waals surface area contributed by atoms with E-state index in [1.165, 1.54) is 6.92 Å². The van der Waals surface area contributed by atoms with Gasteiger partial charge in [0.05, 0.1) is 7.11 Å². The van der Waals surface area contributed by atoms with Gasteiger partial charge in [-0.2, -0.15) is 0 Å². The van der Waals surface area contributed by atoms with E-state index >= 15 is 0 Å². The van der Waals surface area contributed by atoms with Crippen LogP contribution in [0.15, 0.2) is 54.6 Å². The second-order valence-electron chi connectivity index (χ2n) is 7.71. The van der Waals surface area contributed by atoms with Gasteiger partial charge >= 0.3 is 5.97 Å². The Labute approximate surface area is 188 Å². The number of methoxy groups -OCH3 is 1. The number of likely N-dealkylation sites (tertiary alicyclic amines) is 1. The van der Waals surface area contributed by atoms with Gasteiger partial charge in [0.2, 0.25) is 5.91 Å². The number of rotatable bonds is 7. The van der Waals surface area contributed by atoms with Crippen LogP contribution < -0.4 is 14.8 Å². The summed E-state index contributed by atoms with van der Waals surface area (Å²) in [5.41, 5.74) is 1.35. The van der Waals surface area contributed by atoms with E-state index < -0.39 is 5.97 Å². The molecule has 1 aliphatic rings. The van der Waals surface area contributed by atoms with Crippen molar-refractivity contribution in [1.29, 1.82) is 0 Å². The van der Waals surface area contributed by atoms with Gasteiger partial charge in [0.1, 0.15) is 11.5 Å². The minimum Gasteiger partial charge on any atom is -0.497 e. The number of amides is 2. The average Bonchev–Trinajstić information content (AvgIpc) is 2.81. The van der Waals surface area contributed by atoms with Crippen LogP contribution in [0, 0.1) is 5.92 Å². The van der Waals surface area contributed by atoms with Gasteiger partial charge in [-0.1, -0.05) is 18.2 Å². The van der Waals surface area contributed by atoms with Crippen molar-refractivity contribution >= 4 is 23.9 Å². The van der Waals surface area contributed by atoms with Crippen molar-refractivity contribution in [2.45, 2.75) is 19.8 Å². The highest BCUT2D eigenvalue weighted by Gasteiger charge is 2.22. The van der Waals surface area contributed by atoms with Crippen molar-refractivity contribution < 1.29 is 23.9 Å².